The van der Waals surface area contributed by atoms with E-state index >= 15 is 0 Å². The fourth-order valence-electron chi connectivity index (χ4n) is 1.47. The van der Waals surface area contributed by atoms with Gasteiger partial charge in [0.2, 0.25) is 0 Å². The standard InChI is InChI=1S/C8H13NO2/c10-4-7-5-11-8(3-9-7)6-1-2-6/h4,6-9H,1-3,5H2. The normalized spacial score (nSPS) is 38.5. The van der Waals surface area contributed by atoms with Crippen LogP contribution in [-0.4, -0.2) is 31.6 Å². The molecule has 0 aromatic rings. The van der Waals surface area contributed by atoms with Crippen LogP contribution in [0.15, 0.2) is 0 Å². The molecule has 1 N–H and O–H groups in total. The maximum absolute atomic E-state index is 10.3. The molecular formula is C8H13NO2. The quantitative estimate of drug-likeness (QED) is 0.568. The minimum atomic E-state index is -0.0648. The van der Waals surface area contributed by atoms with E-state index in [1.165, 1.54) is 12.8 Å². The number of aldehydes is 1. The molecule has 62 valence electrons. The van der Waals surface area contributed by atoms with E-state index in [0.29, 0.717) is 12.7 Å². The summed E-state index contributed by atoms with van der Waals surface area (Å²) in [6.07, 6.45) is 3.91. The number of rotatable bonds is 2. The Kier molecular flexibility index (Phi) is 1.92. The number of hydrogen-bond acceptors (Lipinski definition) is 3. The van der Waals surface area contributed by atoms with E-state index in [0.717, 1.165) is 18.7 Å². The third kappa shape index (κ3) is 1.60. The maximum Gasteiger partial charge on any atom is 0.139 e. The Labute approximate surface area is 66.1 Å². The molecule has 2 fully saturated rings. The summed E-state index contributed by atoms with van der Waals surface area (Å²) in [5.41, 5.74) is 0. The van der Waals surface area contributed by atoms with Crippen LogP contribution in [0.1, 0.15) is 12.8 Å². The predicted molar refractivity (Wildman–Crippen MR) is 40.3 cm³/mol. The Balaban J connectivity index is 1.79. The first kappa shape index (κ1) is 7.25. The zero-order chi connectivity index (χ0) is 7.68. The summed E-state index contributed by atoms with van der Waals surface area (Å²) in [6, 6.07) is -0.0648. The number of ether oxygens (including phenoxy) is 1. The van der Waals surface area contributed by atoms with E-state index in [-0.39, 0.29) is 6.04 Å². The highest BCUT2D eigenvalue weighted by molar-refractivity contribution is 5.57. The summed E-state index contributed by atoms with van der Waals surface area (Å²) < 4.78 is 5.51. The van der Waals surface area contributed by atoms with Gasteiger partial charge in [0.25, 0.3) is 0 Å². The van der Waals surface area contributed by atoms with Gasteiger partial charge in [0.1, 0.15) is 6.29 Å². The van der Waals surface area contributed by atoms with Gasteiger partial charge >= 0.3 is 0 Å². The van der Waals surface area contributed by atoms with Crippen molar-refractivity contribution < 1.29 is 9.53 Å². The summed E-state index contributed by atoms with van der Waals surface area (Å²) in [4.78, 5) is 10.3. The smallest absolute Gasteiger partial charge is 0.139 e. The van der Waals surface area contributed by atoms with Crippen molar-refractivity contribution in [2.24, 2.45) is 5.92 Å². The molecule has 0 aromatic carbocycles. The molecule has 2 atom stereocenters. The van der Waals surface area contributed by atoms with E-state index in [9.17, 15) is 4.79 Å². The fraction of sp³-hybridized carbons (Fsp3) is 0.875. The average molecular weight is 155 g/mol. The lowest BCUT2D eigenvalue weighted by atomic mass is 10.2. The summed E-state index contributed by atoms with van der Waals surface area (Å²) in [7, 11) is 0. The SMILES string of the molecule is O=CC1COC(C2CC2)CN1. The van der Waals surface area contributed by atoms with Gasteiger partial charge in [-0.3, -0.25) is 0 Å². The van der Waals surface area contributed by atoms with Crippen molar-refractivity contribution in [2.75, 3.05) is 13.2 Å². The first-order valence-corrected chi connectivity index (χ1v) is 4.20. The Morgan fingerprint density at radius 3 is 2.73 bits per heavy atom. The van der Waals surface area contributed by atoms with Gasteiger partial charge in [-0.15, -0.1) is 0 Å². The van der Waals surface area contributed by atoms with Crippen molar-refractivity contribution in [3.05, 3.63) is 0 Å². The highest BCUT2D eigenvalue weighted by Crippen LogP contribution is 2.34. The average Bonchev–Trinajstić information content (AvgIpc) is 2.87. The molecule has 0 amide bonds. The lowest BCUT2D eigenvalue weighted by molar-refractivity contribution is -0.114. The van der Waals surface area contributed by atoms with Crippen molar-refractivity contribution in [3.8, 4) is 0 Å². The zero-order valence-corrected chi connectivity index (χ0v) is 6.45. The van der Waals surface area contributed by atoms with Gasteiger partial charge in [-0.2, -0.15) is 0 Å². The minimum Gasteiger partial charge on any atom is -0.375 e. The van der Waals surface area contributed by atoms with Gasteiger partial charge in [0.05, 0.1) is 18.8 Å². The summed E-state index contributed by atoms with van der Waals surface area (Å²) in [5, 5.41) is 3.15. The van der Waals surface area contributed by atoms with E-state index in [1.54, 1.807) is 0 Å². The van der Waals surface area contributed by atoms with Crippen LogP contribution >= 0.6 is 0 Å². The molecule has 0 aromatic heterocycles. The van der Waals surface area contributed by atoms with Crippen LogP contribution in [0.3, 0.4) is 0 Å². The first-order valence-electron chi connectivity index (χ1n) is 4.20. The van der Waals surface area contributed by atoms with Gasteiger partial charge < -0.3 is 14.8 Å². The molecule has 1 saturated heterocycles. The fourth-order valence-corrected chi connectivity index (χ4v) is 1.47. The molecule has 1 saturated carbocycles. The van der Waals surface area contributed by atoms with Crippen LogP contribution in [0, 0.1) is 5.92 Å². The molecule has 3 nitrogen and oxygen atoms in total. The molecule has 1 aliphatic heterocycles. The lowest BCUT2D eigenvalue weighted by Crippen LogP contribution is -2.47. The van der Waals surface area contributed by atoms with Gasteiger partial charge in [0, 0.05) is 6.54 Å². The van der Waals surface area contributed by atoms with Gasteiger partial charge in [-0.25, -0.2) is 0 Å². The van der Waals surface area contributed by atoms with Crippen LogP contribution in [-0.2, 0) is 9.53 Å². The molecule has 0 spiro atoms. The van der Waals surface area contributed by atoms with E-state index in [2.05, 4.69) is 5.32 Å². The van der Waals surface area contributed by atoms with Crippen LogP contribution < -0.4 is 5.32 Å². The first-order chi connectivity index (χ1) is 5.40. The van der Waals surface area contributed by atoms with Crippen LogP contribution in [0.2, 0.25) is 0 Å². The molecule has 0 bridgehead atoms. The second-order valence-electron chi connectivity index (χ2n) is 3.36. The van der Waals surface area contributed by atoms with Crippen LogP contribution in [0.4, 0.5) is 0 Å². The Morgan fingerprint density at radius 2 is 2.27 bits per heavy atom. The van der Waals surface area contributed by atoms with Crippen LogP contribution in [0.5, 0.6) is 0 Å². The molecule has 1 heterocycles. The molecule has 2 unspecified atom stereocenters. The van der Waals surface area contributed by atoms with E-state index in [4.69, 9.17) is 4.74 Å². The molecule has 3 heteroatoms. The second-order valence-corrected chi connectivity index (χ2v) is 3.36. The van der Waals surface area contributed by atoms with E-state index in [1.807, 2.05) is 0 Å². The third-order valence-corrected chi connectivity index (χ3v) is 2.38. The Morgan fingerprint density at radius 1 is 1.45 bits per heavy atom. The van der Waals surface area contributed by atoms with Crippen LogP contribution in [0.25, 0.3) is 0 Å². The Bertz CT molecular complexity index is 148. The second kappa shape index (κ2) is 2.91. The van der Waals surface area contributed by atoms with Gasteiger partial charge in [-0.05, 0) is 18.8 Å². The lowest BCUT2D eigenvalue weighted by Gasteiger charge is -2.27. The minimum absolute atomic E-state index is 0.0648. The summed E-state index contributed by atoms with van der Waals surface area (Å²) in [5.74, 6) is 0.773. The molecule has 0 radical (unpaired) electrons. The third-order valence-electron chi connectivity index (χ3n) is 2.38. The number of nitrogens with one attached hydrogen (secondary N) is 1. The van der Waals surface area contributed by atoms with Gasteiger partial charge in [0.15, 0.2) is 0 Å². The monoisotopic (exact) mass is 155 g/mol. The summed E-state index contributed by atoms with van der Waals surface area (Å²) >= 11 is 0. The van der Waals surface area contributed by atoms with Crippen molar-refractivity contribution in [1.29, 1.82) is 0 Å². The zero-order valence-electron chi connectivity index (χ0n) is 6.45. The predicted octanol–water partition coefficient (Wildman–Crippen LogP) is -0.0477. The molecular weight excluding hydrogens is 142 g/mol. The largest absolute Gasteiger partial charge is 0.375 e. The number of carbonyl (C=O) groups is 1. The van der Waals surface area contributed by atoms with Crippen molar-refractivity contribution in [3.63, 3.8) is 0 Å². The molecule has 1 aliphatic carbocycles. The molecule has 2 aliphatic rings. The number of hydrogen-bond donors (Lipinski definition) is 1. The number of carbonyl (C=O) groups excluding carboxylic acids is 1. The summed E-state index contributed by atoms with van der Waals surface area (Å²) in [6.45, 7) is 1.42. The Hall–Kier alpha value is -0.410. The highest BCUT2D eigenvalue weighted by Gasteiger charge is 2.34. The number of morpholine rings is 1. The van der Waals surface area contributed by atoms with Gasteiger partial charge in [-0.1, -0.05) is 0 Å². The maximum atomic E-state index is 10.3. The van der Waals surface area contributed by atoms with Crippen molar-refractivity contribution in [1.82, 2.24) is 5.32 Å². The molecule has 2 rings (SSSR count). The molecule has 11 heavy (non-hydrogen) atoms. The van der Waals surface area contributed by atoms with Crippen molar-refractivity contribution >= 4 is 6.29 Å². The van der Waals surface area contributed by atoms with E-state index < -0.39 is 0 Å². The van der Waals surface area contributed by atoms with Crippen molar-refractivity contribution in [2.45, 2.75) is 25.0 Å². The topological polar surface area (TPSA) is 38.3 Å². The highest BCUT2D eigenvalue weighted by atomic mass is 16.5.